The third-order valence-electron chi connectivity index (χ3n) is 6.14. The summed E-state index contributed by atoms with van der Waals surface area (Å²) in [6.45, 7) is 3.37. The van der Waals surface area contributed by atoms with Crippen molar-refractivity contribution in [2.45, 2.75) is 32.2 Å². The predicted octanol–water partition coefficient (Wildman–Crippen LogP) is 3.59. The third kappa shape index (κ3) is 3.28. The first kappa shape index (κ1) is 18.6. The van der Waals surface area contributed by atoms with Gasteiger partial charge in [-0.25, -0.2) is 4.79 Å². The highest BCUT2D eigenvalue weighted by Gasteiger charge is 2.26. The molecule has 3 heterocycles. The predicted molar refractivity (Wildman–Crippen MR) is 118 cm³/mol. The number of carbonyl (C=O) groups excluding carboxylic acids is 1. The lowest BCUT2D eigenvalue weighted by atomic mass is 10.0. The minimum Gasteiger partial charge on any atom is -0.342 e. The number of hydrogen-bond donors (Lipinski definition) is 1. The standard InChI is InChI=1S/C24H24N4O2/c1-16-4-2-6-21-23(16)28(24(30)26-21)19-9-12-27(13-10-19)22(29)15-17-7-8-20-18(14-17)5-3-11-25-20/h2-8,11,14,19H,9-10,12-13,15H2,1H3,(H,26,30). The molecule has 0 atom stereocenters. The van der Waals surface area contributed by atoms with Gasteiger partial charge in [0.15, 0.2) is 0 Å². The van der Waals surface area contributed by atoms with Gasteiger partial charge in [0.1, 0.15) is 0 Å². The van der Waals surface area contributed by atoms with Crippen molar-refractivity contribution in [2.75, 3.05) is 13.1 Å². The van der Waals surface area contributed by atoms with Crippen molar-refractivity contribution < 1.29 is 4.79 Å². The van der Waals surface area contributed by atoms with Gasteiger partial charge in [-0.2, -0.15) is 0 Å². The number of imidazole rings is 1. The van der Waals surface area contributed by atoms with Crippen LogP contribution in [0.5, 0.6) is 0 Å². The van der Waals surface area contributed by atoms with E-state index in [4.69, 9.17) is 0 Å². The zero-order valence-electron chi connectivity index (χ0n) is 17.0. The van der Waals surface area contributed by atoms with E-state index in [1.807, 2.05) is 64.9 Å². The summed E-state index contributed by atoms with van der Waals surface area (Å²) in [5.41, 5.74) is 4.84. The number of likely N-dealkylation sites (tertiary alicyclic amines) is 1. The monoisotopic (exact) mass is 400 g/mol. The number of fused-ring (bicyclic) bond motifs is 2. The molecule has 1 aliphatic rings. The van der Waals surface area contributed by atoms with Gasteiger partial charge in [-0.15, -0.1) is 0 Å². The molecule has 2 aromatic heterocycles. The molecular weight excluding hydrogens is 376 g/mol. The number of amides is 1. The molecule has 0 aliphatic carbocycles. The van der Waals surface area contributed by atoms with Crippen LogP contribution in [0.2, 0.25) is 0 Å². The van der Waals surface area contributed by atoms with Crippen LogP contribution in [0.3, 0.4) is 0 Å². The van der Waals surface area contributed by atoms with Gasteiger partial charge in [0.05, 0.1) is 23.0 Å². The highest BCUT2D eigenvalue weighted by atomic mass is 16.2. The van der Waals surface area contributed by atoms with Crippen molar-refractivity contribution in [3.63, 3.8) is 0 Å². The van der Waals surface area contributed by atoms with Crippen molar-refractivity contribution >= 4 is 27.8 Å². The van der Waals surface area contributed by atoms with Crippen molar-refractivity contribution in [2.24, 2.45) is 0 Å². The molecule has 2 aromatic carbocycles. The number of aromatic nitrogens is 3. The van der Waals surface area contributed by atoms with Gasteiger partial charge in [-0.1, -0.05) is 24.3 Å². The van der Waals surface area contributed by atoms with Crippen LogP contribution >= 0.6 is 0 Å². The lowest BCUT2D eigenvalue weighted by molar-refractivity contribution is -0.131. The average molecular weight is 400 g/mol. The van der Waals surface area contributed by atoms with E-state index in [0.29, 0.717) is 19.5 Å². The second-order valence-electron chi connectivity index (χ2n) is 8.09. The largest absolute Gasteiger partial charge is 0.342 e. The topological polar surface area (TPSA) is 71.0 Å². The van der Waals surface area contributed by atoms with E-state index in [-0.39, 0.29) is 17.6 Å². The number of para-hydroxylation sites is 1. The summed E-state index contributed by atoms with van der Waals surface area (Å²) in [6, 6.07) is 16.0. The molecule has 1 amide bonds. The second-order valence-corrected chi connectivity index (χ2v) is 8.09. The Morgan fingerprint density at radius 3 is 2.80 bits per heavy atom. The molecule has 1 N–H and O–H groups in total. The van der Waals surface area contributed by atoms with Crippen LogP contribution in [0.1, 0.15) is 30.0 Å². The molecule has 0 bridgehead atoms. The minimum absolute atomic E-state index is 0.0613. The summed E-state index contributed by atoms with van der Waals surface area (Å²) in [4.78, 5) is 34.7. The first-order chi connectivity index (χ1) is 14.6. The first-order valence-corrected chi connectivity index (χ1v) is 10.4. The molecule has 0 radical (unpaired) electrons. The fraction of sp³-hybridized carbons (Fsp3) is 0.292. The summed E-state index contributed by atoms with van der Waals surface area (Å²) >= 11 is 0. The Morgan fingerprint density at radius 2 is 1.97 bits per heavy atom. The Balaban J connectivity index is 1.29. The van der Waals surface area contributed by atoms with Gasteiger partial charge in [-0.3, -0.25) is 14.3 Å². The van der Waals surface area contributed by atoms with E-state index in [0.717, 1.165) is 45.9 Å². The number of rotatable bonds is 3. The van der Waals surface area contributed by atoms with Crippen LogP contribution in [-0.4, -0.2) is 38.4 Å². The Morgan fingerprint density at radius 1 is 1.13 bits per heavy atom. The van der Waals surface area contributed by atoms with Crippen LogP contribution in [-0.2, 0) is 11.2 Å². The van der Waals surface area contributed by atoms with Crippen molar-refractivity contribution in [1.82, 2.24) is 19.4 Å². The fourth-order valence-electron chi connectivity index (χ4n) is 4.60. The Labute approximate surface area is 174 Å². The molecule has 5 rings (SSSR count). The number of piperidine rings is 1. The molecule has 0 saturated carbocycles. The normalized spacial score (nSPS) is 15.2. The number of pyridine rings is 1. The maximum atomic E-state index is 12.9. The van der Waals surface area contributed by atoms with Crippen LogP contribution in [0.25, 0.3) is 21.9 Å². The summed E-state index contributed by atoms with van der Waals surface area (Å²) in [7, 11) is 0. The number of aromatic amines is 1. The van der Waals surface area contributed by atoms with Crippen LogP contribution in [0.15, 0.2) is 59.5 Å². The molecule has 4 aromatic rings. The van der Waals surface area contributed by atoms with E-state index in [9.17, 15) is 9.59 Å². The first-order valence-electron chi connectivity index (χ1n) is 10.4. The number of nitrogens with one attached hydrogen (secondary N) is 1. The quantitative estimate of drug-likeness (QED) is 0.571. The van der Waals surface area contributed by atoms with Crippen LogP contribution < -0.4 is 5.69 Å². The van der Waals surface area contributed by atoms with Crippen LogP contribution in [0.4, 0.5) is 0 Å². The molecule has 30 heavy (non-hydrogen) atoms. The van der Waals surface area contributed by atoms with Gasteiger partial charge in [0, 0.05) is 30.7 Å². The summed E-state index contributed by atoms with van der Waals surface area (Å²) in [6.07, 6.45) is 3.74. The van der Waals surface area contributed by atoms with Gasteiger partial charge >= 0.3 is 5.69 Å². The van der Waals surface area contributed by atoms with Crippen molar-refractivity contribution in [1.29, 1.82) is 0 Å². The molecule has 1 fully saturated rings. The average Bonchev–Trinajstić information content (AvgIpc) is 3.11. The molecular formula is C24H24N4O2. The van der Waals surface area contributed by atoms with E-state index >= 15 is 0 Å². The molecule has 0 unspecified atom stereocenters. The van der Waals surface area contributed by atoms with Crippen LogP contribution in [0, 0.1) is 6.92 Å². The van der Waals surface area contributed by atoms with Crippen molar-refractivity contribution in [3.8, 4) is 0 Å². The van der Waals surface area contributed by atoms with E-state index < -0.39 is 0 Å². The van der Waals surface area contributed by atoms with E-state index in [1.54, 1.807) is 6.20 Å². The van der Waals surface area contributed by atoms with Crippen molar-refractivity contribution in [3.05, 3.63) is 76.3 Å². The lowest BCUT2D eigenvalue weighted by Gasteiger charge is -2.32. The maximum Gasteiger partial charge on any atom is 0.326 e. The molecule has 152 valence electrons. The Hall–Kier alpha value is -3.41. The number of hydrogen-bond acceptors (Lipinski definition) is 3. The second kappa shape index (κ2) is 7.44. The zero-order valence-corrected chi connectivity index (χ0v) is 17.0. The van der Waals surface area contributed by atoms with Gasteiger partial charge < -0.3 is 9.88 Å². The van der Waals surface area contributed by atoms with Gasteiger partial charge in [0.2, 0.25) is 5.91 Å². The minimum atomic E-state index is -0.0613. The van der Waals surface area contributed by atoms with Gasteiger partial charge in [0.25, 0.3) is 0 Å². The molecule has 6 heteroatoms. The number of carbonyl (C=O) groups is 1. The molecule has 0 spiro atoms. The summed E-state index contributed by atoms with van der Waals surface area (Å²) in [5.74, 6) is 0.138. The molecule has 1 aliphatic heterocycles. The number of aryl methyl sites for hydroxylation is 1. The molecule has 6 nitrogen and oxygen atoms in total. The molecule has 1 saturated heterocycles. The maximum absolute atomic E-state index is 12.9. The van der Waals surface area contributed by atoms with Gasteiger partial charge in [-0.05, 0) is 55.2 Å². The third-order valence-corrected chi connectivity index (χ3v) is 6.14. The van der Waals surface area contributed by atoms with E-state index in [2.05, 4.69) is 9.97 Å². The fourth-order valence-corrected chi connectivity index (χ4v) is 4.60. The summed E-state index contributed by atoms with van der Waals surface area (Å²) < 4.78 is 1.89. The number of benzene rings is 2. The Kier molecular flexibility index (Phi) is 4.62. The highest BCUT2D eigenvalue weighted by molar-refractivity contribution is 5.83. The number of nitrogens with zero attached hydrogens (tertiary/aromatic N) is 3. The zero-order chi connectivity index (χ0) is 20.7. The highest BCUT2D eigenvalue weighted by Crippen LogP contribution is 2.27. The van der Waals surface area contributed by atoms with E-state index in [1.165, 1.54) is 0 Å². The number of H-pyrrole nitrogens is 1. The lowest BCUT2D eigenvalue weighted by Crippen LogP contribution is -2.41. The summed E-state index contributed by atoms with van der Waals surface area (Å²) in [5, 5.41) is 1.05. The Bertz CT molecular complexity index is 1300. The smallest absolute Gasteiger partial charge is 0.326 e. The SMILES string of the molecule is Cc1cccc2[nH]c(=O)n(C3CCN(C(=O)Cc4ccc5ncccc5c4)CC3)c12.